The van der Waals surface area contributed by atoms with Crippen LogP contribution in [0.5, 0.6) is 0 Å². The average molecular weight is 334 g/mol. The van der Waals surface area contributed by atoms with Gasteiger partial charge in [0.25, 0.3) is 5.08 Å². The molecule has 0 spiro atoms. The number of nitrogens with two attached hydrogens (primary N) is 1. The van der Waals surface area contributed by atoms with Crippen molar-refractivity contribution in [2.45, 2.75) is 43.9 Å². The normalized spacial score (nSPS) is 15.7. The molecule has 11 heteroatoms. The van der Waals surface area contributed by atoms with Gasteiger partial charge in [-0.2, -0.15) is 0 Å². The highest BCUT2D eigenvalue weighted by Gasteiger charge is 2.60. The molecule has 0 fully saturated rings. The average Bonchev–Trinajstić information content (AvgIpc) is 2.25. The molecule has 0 amide bonds. The predicted octanol–water partition coefficient (Wildman–Crippen LogP) is -0.215. The van der Waals surface area contributed by atoms with Gasteiger partial charge < -0.3 is 30.4 Å². The highest BCUT2D eigenvalue weighted by atomic mass is 31.2. The van der Waals surface area contributed by atoms with Gasteiger partial charge in [-0.25, -0.2) is 0 Å². The molecule has 0 bridgehead atoms. The Labute approximate surface area is 118 Å². The van der Waals surface area contributed by atoms with Gasteiger partial charge in [0, 0.05) is 6.42 Å². The molecule has 9 nitrogen and oxygen atoms in total. The summed E-state index contributed by atoms with van der Waals surface area (Å²) in [5, 5.41) is 6.28. The number of nitrogens with zero attached hydrogens (tertiary/aromatic N) is 1. The van der Waals surface area contributed by atoms with E-state index >= 15 is 0 Å². The summed E-state index contributed by atoms with van der Waals surface area (Å²) in [5.41, 5.74) is 5.66. The van der Waals surface area contributed by atoms with Crippen LogP contribution in [0, 0.1) is 0 Å². The monoisotopic (exact) mass is 334 g/mol. The molecule has 0 aromatic carbocycles. The molecule has 0 aromatic rings. The van der Waals surface area contributed by atoms with Crippen LogP contribution in [0.1, 0.15) is 32.6 Å². The summed E-state index contributed by atoms with van der Waals surface area (Å²) < 4.78 is 22.4. The van der Waals surface area contributed by atoms with Crippen LogP contribution in [-0.2, 0) is 9.13 Å². The van der Waals surface area contributed by atoms with Crippen LogP contribution in [0.2, 0.25) is 0 Å². The summed E-state index contributed by atoms with van der Waals surface area (Å²) in [6, 6.07) is 0. The third kappa shape index (κ3) is 5.18. The van der Waals surface area contributed by atoms with E-state index in [9.17, 15) is 14.2 Å². The Hall–Kier alpha value is 0.180. The maximum Gasteiger partial charge on any atom is 0.369 e. The van der Waals surface area contributed by atoms with Gasteiger partial charge in [-0.05, 0) is 20.0 Å². The van der Waals surface area contributed by atoms with Gasteiger partial charge in [0.2, 0.25) is 0 Å². The zero-order valence-corrected chi connectivity index (χ0v) is 13.4. The molecule has 0 aliphatic rings. The van der Waals surface area contributed by atoms with Crippen LogP contribution >= 0.6 is 15.2 Å². The molecular weight excluding hydrogens is 310 g/mol. The first-order valence-corrected chi connectivity index (χ1v) is 9.38. The van der Waals surface area contributed by atoms with Crippen molar-refractivity contribution in [2.24, 2.45) is 5.73 Å². The molecule has 122 valence electrons. The highest BCUT2D eigenvalue weighted by molar-refractivity contribution is 7.72. The predicted molar refractivity (Wildman–Crippen MR) is 73.8 cm³/mol. The molecule has 0 rings (SSSR count). The second-order valence-electron chi connectivity index (χ2n) is 4.82. The molecule has 7 N–H and O–H groups in total. The smallest absolute Gasteiger partial charge is 0.367 e. The van der Waals surface area contributed by atoms with E-state index < -0.39 is 32.9 Å². The van der Waals surface area contributed by atoms with Crippen LogP contribution in [0.15, 0.2) is 0 Å². The molecule has 0 radical (unpaired) electrons. The van der Waals surface area contributed by atoms with E-state index in [2.05, 4.69) is 0 Å². The minimum Gasteiger partial charge on any atom is -0.367 e. The maximum atomic E-state index is 11.2. The van der Waals surface area contributed by atoms with Gasteiger partial charge in [-0.3, -0.25) is 14.0 Å². The van der Waals surface area contributed by atoms with E-state index in [0.717, 1.165) is 19.3 Å². The Balaban J connectivity index is 4.94. The summed E-state index contributed by atoms with van der Waals surface area (Å²) in [6.07, 6.45) is 0.669. The van der Waals surface area contributed by atoms with Crippen molar-refractivity contribution in [1.82, 2.24) is 4.90 Å². The van der Waals surface area contributed by atoms with Crippen LogP contribution in [0.25, 0.3) is 0 Å². The number of unbranched alkanes of at least 4 members (excludes halogenated alkanes) is 2. The minimum atomic E-state index is -5.45. The first kappa shape index (κ1) is 20.2. The topological polar surface area (TPSA) is 165 Å². The Bertz CT molecular complexity index is 372. The van der Waals surface area contributed by atoms with E-state index in [4.69, 9.17) is 25.3 Å². The lowest BCUT2D eigenvalue weighted by Gasteiger charge is -2.34. The van der Waals surface area contributed by atoms with E-state index in [1.165, 1.54) is 4.90 Å². The van der Waals surface area contributed by atoms with Gasteiger partial charge >= 0.3 is 15.2 Å². The second kappa shape index (κ2) is 7.45. The van der Waals surface area contributed by atoms with Crippen molar-refractivity contribution >= 4 is 15.2 Å². The van der Waals surface area contributed by atoms with Crippen molar-refractivity contribution in [3.05, 3.63) is 0 Å². The lowest BCUT2D eigenvalue weighted by atomic mass is 10.2. The zero-order valence-electron chi connectivity index (χ0n) is 11.6. The van der Waals surface area contributed by atoms with Crippen molar-refractivity contribution in [2.75, 3.05) is 13.6 Å². The number of rotatable bonds is 9. The lowest BCUT2D eigenvalue weighted by Crippen LogP contribution is -2.46. The van der Waals surface area contributed by atoms with Gasteiger partial charge in [0.1, 0.15) is 0 Å². The van der Waals surface area contributed by atoms with Gasteiger partial charge in [0.05, 0.1) is 6.17 Å². The van der Waals surface area contributed by atoms with Crippen LogP contribution in [-0.4, -0.2) is 54.4 Å². The van der Waals surface area contributed by atoms with Crippen LogP contribution in [0.3, 0.4) is 0 Å². The fourth-order valence-corrected chi connectivity index (χ4v) is 3.83. The second-order valence-corrected chi connectivity index (χ2v) is 8.83. The summed E-state index contributed by atoms with van der Waals surface area (Å²) in [5.74, 6) is 0. The Kier molecular flexibility index (Phi) is 7.51. The molecule has 0 aliphatic carbocycles. The third-order valence-corrected chi connectivity index (χ3v) is 6.89. The van der Waals surface area contributed by atoms with Crippen molar-refractivity contribution < 1.29 is 33.8 Å². The first-order valence-electron chi connectivity index (χ1n) is 6.16. The fraction of sp³-hybridized carbons (Fsp3) is 1.00. The molecule has 1 atom stereocenters. The van der Waals surface area contributed by atoms with Crippen LogP contribution < -0.4 is 5.73 Å². The Morgan fingerprint density at radius 3 is 1.95 bits per heavy atom. The summed E-state index contributed by atoms with van der Waals surface area (Å²) in [4.78, 5) is 37.5. The van der Waals surface area contributed by atoms with Crippen molar-refractivity contribution in [3.63, 3.8) is 0 Å². The van der Waals surface area contributed by atoms with Crippen molar-refractivity contribution in [3.8, 4) is 0 Å². The molecule has 1 unspecified atom stereocenters. The number of aliphatic hydroxyl groups is 1. The minimum absolute atomic E-state index is 0.493. The maximum absolute atomic E-state index is 11.2. The Morgan fingerprint density at radius 1 is 1.15 bits per heavy atom. The largest absolute Gasteiger partial charge is 0.369 e. The molecule has 20 heavy (non-hydrogen) atoms. The molecule has 0 saturated carbocycles. The molecule has 0 heterocycles. The molecular formula is C9H24N2O7P2. The van der Waals surface area contributed by atoms with E-state index in [-0.39, 0.29) is 0 Å². The fourth-order valence-electron chi connectivity index (χ4n) is 1.62. The van der Waals surface area contributed by atoms with E-state index in [0.29, 0.717) is 6.54 Å². The van der Waals surface area contributed by atoms with E-state index in [1.807, 2.05) is 6.92 Å². The molecule has 0 aliphatic heterocycles. The summed E-state index contributed by atoms with van der Waals surface area (Å²) >= 11 is 0. The highest BCUT2D eigenvalue weighted by Crippen LogP contribution is 2.69. The number of hydrogen-bond acceptors (Lipinski definition) is 5. The zero-order chi connectivity index (χ0) is 16.2. The summed E-state index contributed by atoms with van der Waals surface area (Å²) in [7, 11) is -9.34. The van der Waals surface area contributed by atoms with Crippen molar-refractivity contribution in [1.29, 1.82) is 0 Å². The Morgan fingerprint density at radius 2 is 1.60 bits per heavy atom. The van der Waals surface area contributed by atoms with E-state index in [1.54, 1.807) is 7.05 Å². The quantitative estimate of drug-likeness (QED) is 0.190. The van der Waals surface area contributed by atoms with Gasteiger partial charge in [-0.15, -0.1) is 0 Å². The third-order valence-electron chi connectivity index (χ3n) is 3.10. The summed E-state index contributed by atoms with van der Waals surface area (Å²) in [6.45, 7) is 2.49. The molecule has 0 saturated heterocycles. The van der Waals surface area contributed by atoms with Gasteiger partial charge in [0.15, 0.2) is 0 Å². The van der Waals surface area contributed by atoms with Crippen LogP contribution in [0.4, 0.5) is 0 Å². The molecule has 0 aromatic heterocycles. The SMILES string of the molecule is CCCCCN(C)C(N)CC(O)(P(=O)(O)O)P(=O)(O)O. The standard InChI is InChI=1S/C9H24N2O7P2/c1-3-4-5-6-11(2)8(10)7-9(12,19(13,14)15)20(16,17)18/h8,12H,3-7,10H2,1-2H3,(H2,13,14,15)(H2,16,17,18). The number of hydrogen-bond donors (Lipinski definition) is 6. The lowest BCUT2D eigenvalue weighted by molar-refractivity contribution is 0.0894. The first-order chi connectivity index (χ1) is 8.87. The van der Waals surface area contributed by atoms with Gasteiger partial charge in [-0.1, -0.05) is 19.8 Å².